The maximum absolute atomic E-state index is 6.25. The molecule has 2 N–H and O–H groups in total. The number of rotatable bonds is 3. The van der Waals surface area contributed by atoms with E-state index in [9.17, 15) is 0 Å². The van der Waals surface area contributed by atoms with Gasteiger partial charge in [-0.3, -0.25) is 0 Å². The SMILES string of the molecule is CSC(C)(C)C(N)C1CCCC1. The van der Waals surface area contributed by atoms with E-state index < -0.39 is 0 Å². The minimum atomic E-state index is 0.259. The predicted molar refractivity (Wildman–Crippen MR) is 57.5 cm³/mol. The zero-order chi connectivity index (χ0) is 9.19. The predicted octanol–water partition coefficient (Wildman–Crippen LogP) is 2.65. The van der Waals surface area contributed by atoms with Crippen LogP contribution < -0.4 is 5.73 Å². The molecule has 12 heavy (non-hydrogen) atoms. The molecule has 0 radical (unpaired) electrons. The van der Waals surface area contributed by atoms with Crippen molar-refractivity contribution in [3.63, 3.8) is 0 Å². The van der Waals surface area contributed by atoms with Crippen LogP contribution in [0.4, 0.5) is 0 Å². The van der Waals surface area contributed by atoms with Gasteiger partial charge in [-0.1, -0.05) is 12.8 Å². The van der Waals surface area contributed by atoms with Crippen molar-refractivity contribution in [2.75, 3.05) is 6.26 Å². The van der Waals surface area contributed by atoms with Crippen LogP contribution in [0.2, 0.25) is 0 Å². The molecule has 1 saturated carbocycles. The number of nitrogens with two attached hydrogens (primary N) is 1. The first-order chi connectivity index (χ1) is 5.58. The van der Waals surface area contributed by atoms with Crippen molar-refractivity contribution in [2.45, 2.75) is 50.3 Å². The molecule has 0 aromatic carbocycles. The second-order valence-electron chi connectivity index (χ2n) is 4.38. The third kappa shape index (κ3) is 2.17. The summed E-state index contributed by atoms with van der Waals surface area (Å²) >= 11 is 1.90. The lowest BCUT2D eigenvalue weighted by Gasteiger charge is -2.34. The molecule has 0 amide bonds. The molecule has 0 saturated heterocycles. The van der Waals surface area contributed by atoms with Crippen LogP contribution in [0.5, 0.6) is 0 Å². The Bertz CT molecular complexity index is 139. The normalized spacial score (nSPS) is 23.0. The summed E-state index contributed by atoms with van der Waals surface area (Å²) < 4.78 is 0.259. The largest absolute Gasteiger partial charge is 0.326 e. The number of thioether (sulfide) groups is 1. The minimum Gasteiger partial charge on any atom is -0.326 e. The van der Waals surface area contributed by atoms with Gasteiger partial charge in [0.25, 0.3) is 0 Å². The summed E-state index contributed by atoms with van der Waals surface area (Å²) in [5, 5.41) is 0. The molecule has 0 aromatic heterocycles. The summed E-state index contributed by atoms with van der Waals surface area (Å²) in [4.78, 5) is 0. The van der Waals surface area contributed by atoms with Gasteiger partial charge in [-0.25, -0.2) is 0 Å². The fourth-order valence-electron chi connectivity index (χ4n) is 2.02. The minimum absolute atomic E-state index is 0.259. The van der Waals surface area contributed by atoms with E-state index >= 15 is 0 Å². The van der Waals surface area contributed by atoms with Gasteiger partial charge in [-0.15, -0.1) is 0 Å². The third-order valence-corrected chi connectivity index (χ3v) is 4.56. The van der Waals surface area contributed by atoms with Gasteiger partial charge in [0, 0.05) is 10.8 Å². The Labute approximate surface area is 80.5 Å². The van der Waals surface area contributed by atoms with Crippen molar-refractivity contribution >= 4 is 11.8 Å². The van der Waals surface area contributed by atoms with E-state index in [2.05, 4.69) is 20.1 Å². The Hall–Kier alpha value is 0.310. The molecule has 0 aliphatic heterocycles. The summed E-state index contributed by atoms with van der Waals surface area (Å²) in [7, 11) is 0. The Morgan fingerprint density at radius 1 is 1.33 bits per heavy atom. The topological polar surface area (TPSA) is 26.0 Å². The third-order valence-electron chi connectivity index (χ3n) is 3.24. The molecule has 1 unspecified atom stereocenters. The average molecular weight is 187 g/mol. The summed E-state index contributed by atoms with van der Waals surface area (Å²) in [6.45, 7) is 4.53. The van der Waals surface area contributed by atoms with E-state index in [4.69, 9.17) is 5.73 Å². The van der Waals surface area contributed by atoms with Gasteiger partial charge < -0.3 is 5.73 Å². The highest BCUT2D eigenvalue weighted by Crippen LogP contribution is 2.36. The van der Waals surface area contributed by atoms with Crippen LogP contribution in [0.3, 0.4) is 0 Å². The van der Waals surface area contributed by atoms with E-state index in [1.807, 2.05) is 11.8 Å². The highest BCUT2D eigenvalue weighted by atomic mass is 32.2. The lowest BCUT2D eigenvalue weighted by atomic mass is 9.89. The molecule has 2 heteroatoms. The molecule has 1 aliphatic rings. The molecule has 0 spiro atoms. The Morgan fingerprint density at radius 2 is 1.83 bits per heavy atom. The number of hydrogen-bond acceptors (Lipinski definition) is 2. The fraction of sp³-hybridized carbons (Fsp3) is 1.00. The van der Waals surface area contributed by atoms with Crippen LogP contribution in [0.25, 0.3) is 0 Å². The van der Waals surface area contributed by atoms with Crippen LogP contribution in [0, 0.1) is 5.92 Å². The van der Waals surface area contributed by atoms with Gasteiger partial charge in [-0.05, 0) is 38.9 Å². The van der Waals surface area contributed by atoms with Crippen molar-refractivity contribution in [2.24, 2.45) is 11.7 Å². The van der Waals surface area contributed by atoms with Gasteiger partial charge >= 0.3 is 0 Å². The summed E-state index contributed by atoms with van der Waals surface area (Å²) in [5.74, 6) is 0.785. The summed E-state index contributed by atoms with van der Waals surface area (Å²) in [6.07, 6.45) is 7.65. The van der Waals surface area contributed by atoms with E-state index in [0.717, 1.165) is 5.92 Å². The van der Waals surface area contributed by atoms with Gasteiger partial charge in [0.05, 0.1) is 0 Å². The molecule has 0 bridgehead atoms. The standard InChI is InChI=1S/C10H21NS/c1-10(2,12-3)9(11)8-6-4-5-7-8/h8-9H,4-7,11H2,1-3H3. The van der Waals surface area contributed by atoms with Crippen LogP contribution >= 0.6 is 11.8 Å². The second kappa shape index (κ2) is 4.01. The van der Waals surface area contributed by atoms with Crippen molar-refractivity contribution < 1.29 is 0 Å². The Kier molecular flexibility index (Phi) is 3.47. The molecule has 0 heterocycles. The van der Waals surface area contributed by atoms with Crippen molar-refractivity contribution in [3.05, 3.63) is 0 Å². The highest BCUT2D eigenvalue weighted by Gasteiger charge is 2.33. The molecular weight excluding hydrogens is 166 g/mol. The van der Waals surface area contributed by atoms with Crippen LogP contribution in [-0.2, 0) is 0 Å². The van der Waals surface area contributed by atoms with E-state index in [0.29, 0.717) is 6.04 Å². The maximum Gasteiger partial charge on any atom is 0.0254 e. The molecule has 0 aromatic rings. The molecule has 1 nitrogen and oxygen atoms in total. The fourth-order valence-corrected chi connectivity index (χ4v) is 2.48. The quantitative estimate of drug-likeness (QED) is 0.735. The molecule has 1 rings (SSSR count). The van der Waals surface area contributed by atoms with Gasteiger partial charge in [0.2, 0.25) is 0 Å². The zero-order valence-electron chi connectivity index (χ0n) is 8.47. The first-order valence-corrected chi connectivity index (χ1v) is 6.11. The van der Waals surface area contributed by atoms with Gasteiger partial charge in [-0.2, -0.15) is 11.8 Å². The average Bonchev–Trinajstić information content (AvgIpc) is 2.55. The first-order valence-electron chi connectivity index (χ1n) is 4.88. The van der Waals surface area contributed by atoms with Gasteiger partial charge in [0.15, 0.2) is 0 Å². The second-order valence-corrected chi connectivity index (χ2v) is 5.84. The molecular formula is C10H21NS. The van der Waals surface area contributed by atoms with E-state index in [-0.39, 0.29) is 4.75 Å². The van der Waals surface area contributed by atoms with Gasteiger partial charge in [0.1, 0.15) is 0 Å². The van der Waals surface area contributed by atoms with Crippen LogP contribution in [0.15, 0.2) is 0 Å². The van der Waals surface area contributed by atoms with Crippen LogP contribution in [0.1, 0.15) is 39.5 Å². The summed E-state index contributed by atoms with van der Waals surface area (Å²) in [5.41, 5.74) is 6.25. The zero-order valence-corrected chi connectivity index (χ0v) is 9.29. The van der Waals surface area contributed by atoms with E-state index in [1.54, 1.807) is 0 Å². The molecule has 72 valence electrons. The van der Waals surface area contributed by atoms with Crippen molar-refractivity contribution in [1.29, 1.82) is 0 Å². The monoisotopic (exact) mass is 187 g/mol. The molecule has 1 aliphatic carbocycles. The lowest BCUT2D eigenvalue weighted by Crippen LogP contribution is -2.45. The first kappa shape index (κ1) is 10.4. The molecule has 1 fully saturated rings. The highest BCUT2D eigenvalue weighted by molar-refractivity contribution is 8.00. The van der Waals surface area contributed by atoms with E-state index in [1.165, 1.54) is 25.7 Å². The number of hydrogen-bond donors (Lipinski definition) is 1. The summed E-state index contributed by atoms with van der Waals surface area (Å²) in [6, 6.07) is 0.384. The van der Waals surface area contributed by atoms with Crippen LogP contribution in [-0.4, -0.2) is 17.0 Å². The smallest absolute Gasteiger partial charge is 0.0254 e. The lowest BCUT2D eigenvalue weighted by molar-refractivity contribution is 0.373. The maximum atomic E-state index is 6.25. The van der Waals surface area contributed by atoms with Crippen molar-refractivity contribution in [1.82, 2.24) is 0 Å². The molecule has 1 atom stereocenters. The Morgan fingerprint density at radius 3 is 2.25 bits per heavy atom. The van der Waals surface area contributed by atoms with Crippen molar-refractivity contribution in [3.8, 4) is 0 Å². The Balaban J connectivity index is 2.50.